The molecule has 2 heterocycles. The molecule has 6 heteroatoms. The Morgan fingerprint density at radius 1 is 1.32 bits per heavy atom. The van der Waals surface area contributed by atoms with E-state index >= 15 is 0 Å². The highest BCUT2D eigenvalue weighted by Gasteiger charge is 2.06. The minimum Gasteiger partial charge on any atom is -0.354 e. The van der Waals surface area contributed by atoms with Crippen molar-refractivity contribution >= 4 is 16.8 Å². The lowest BCUT2D eigenvalue weighted by Gasteiger charge is -2.07. The summed E-state index contributed by atoms with van der Waals surface area (Å²) in [6.07, 6.45) is 7.62. The molecule has 0 saturated carbocycles. The zero-order valence-corrected chi connectivity index (χ0v) is 12.6. The molecule has 0 spiro atoms. The summed E-state index contributed by atoms with van der Waals surface area (Å²) in [5.74, 6) is 0.0378. The van der Waals surface area contributed by atoms with Crippen LogP contribution in [-0.2, 0) is 17.9 Å². The van der Waals surface area contributed by atoms with E-state index < -0.39 is 0 Å². The van der Waals surface area contributed by atoms with Gasteiger partial charge in [0.2, 0.25) is 5.91 Å². The van der Waals surface area contributed by atoms with E-state index in [0.717, 1.165) is 17.4 Å². The Morgan fingerprint density at radius 3 is 3.05 bits per heavy atom. The second-order valence-corrected chi connectivity index (χ2v) is 5.33. The third kappa shape index (κ3) is 3.33. The maximum Gasteiger partial charge on any atom is 0.221 e. The Kier molecular flexibility index (Phi) is 4.18. The van der Waals surface area contributed by atoms with Crippen LogP contribution in [0.25, 0.3) is 10.9 Å². The van der Waals surface area contributed by atoms with Crippen molar-refractivity contribution in [3.05, 3.63) is 48.7 Å². The van der Waals surface area contributed by atoms with Crippen LogP contribution in [0.3, 0.4) is 0 Å². The average molecular weight is 297 g/mol. The highest BCUT2D eigenvalue weighted by Crippen LogP contribution is 2.15. The predicted molar refractivity (Wildman–Crippen MR) is 84.3 cm³/mol. The number of rotatable bonds is 6. The van der Waals surface area contributed by atoms with Gasteiger partial charge in [0.25, 0.3) is 0 Å². The summed E-state index contributed by atoms with van der Waals surface area (Å²) in [5.41, 5.74) is 2.28. The maximum absolute atomic E-state index is 11.9. The minimum atomic E-state index is 0.0378. The van der Waals surface area contributed by atoms with E-state index in [1.54, 1.807) is 12.5 Å². The van der Waals surface area contributed by atoms with Gasteiger partial charge in [-0.25, -0.2) is 4.98 Å². The van der Waals surface area contributed by atoms with Crippen LogP contribution in [0.5, 0.6) is 0 Å². The first-order valence-corrected chi connectivity index (χ1v) is 7.37. The average Bonchev–Trinajstić information content (AvgIpc) is 3.14. The standard InChI is InChI=1S/C16H19N5O/c1-13-2-3-15-14(10-13)11-19-21(15)7-4-16(22)18-6-9-20-8-5-17-12-20/h2-3,5,8,10-12H,4,6-7,9H2,1H3,(H,18,22). The molecule has 0 aliphatic carbocycles. The number of aryl methyl sites for hydroxylation is 2. The predicted octanol–water partition coefficient (Wildman–Crippen LogP) is 1.75. The molecule has 22 heavy (non-hydrogen) atoms. The normalized spacial score (nSPS) is 11.0. The van der Waals surface area contributed by atoms with Gasteiger partial charge in [-0.15, -0.1) is 0 Å². The van der Waals surface area contributed by atoms with Crippen LogP contribution < -0.4 is 5.32 Å². The fraction of sp³-hybridized carbons (Fsp3) is 0.312. The quantitative estimate of drug-likeness (QED) is 0.754. The summed E-state index contributed by atoms with van der Waals surface area (Å²) in [6.45, 7) is 3.98. The first-order valence-electron chi connectivity index (χ1n) is 7.37. The van der Waals surface area contributed by atoms with Crippen molar-refractivity contribution in [1.29, 1.82) is 0 Å². The van der Waals surface area contributed by atoms with Crippen molar-refractivity contribution in [3.63, 3.8) is 0 Å². The molecule has 0 bridgehead atoms. The van der Waals surface area contributed by atoms with Gasteiger partial charge in [0, 0.05) is 37.3 Å². The number of carbonyl (C=O) groups is 1. The van der Waals surface area contributed by atoms with E-state index in [9.17, 15) is 4.79 Å². The Balaban J connectivity index is 1.49. The molecule has 6 nitrogen and oxygen atoms in total. The zero-order valence-electron chi connectivity index (χ0n) is 12.6. The fourth-order valence-corrected chi connectivity index (χ4v) is 2.42. The van der Waals surface area contributed by atoms with Crippen molar-refractivity contribution in [2.45, 2.75) is 26.4 Å². The summed E-state index contributed by atoms with van der Waals surface area (Å²) in [7, 11) is 0. The summed E-state index contributed by atoms with van der Waals surface area (Å²) in [6, 6.07) is 6.21. The molecular formula is C16H19N5O. The van der Waals surface area contributed by atoms with Crippen LogP contribution in [0.2, 0.25) is 0 Å². The van der Waals surface area contributed by atoms with E-state index in [-0.39, 0.29) is 5.91 Å². The number of hydrogen-bond acceptors (Lipinski definition) is 3. The highest BCUT2D eigenvalue weighted by atomic mass is 16.1. The second-order valence-electron chi connectivity index (χ2n) is 5.33. The number of imidazole rings is 1. The molecule has 3 rings (SSSR count). The van der Waals surface area contributed by atoms with E-state index in [4.69, 9.17) is 0 Å². The highest BCUT2D eigenvalue weighted by molar-refractivity contribution is 5.80. The van der Waals surface area contributed by atoms with Gasteiger partial charge in [-0.2, -0.15) is 5.10 Å². The van der Waals surface area contributed by atoms with Gasteiger partial charge in [0.1, 0.15) is 0 Å². The number of aromatic nitrogens is 4. The summed E-state index contributed by atoms with van der Waals surface area (Å²) < 4.78 is 3.81. The van der Waals surface area contributed by atoms with Crippen molar-refractivity contribution in [1.82, 2.24) is 24.6 Å². The van der Waals surface area contributed by atoms with E-state index in [2.05, 4.69) is 40.5 Å². The van der Waals surface area contributed by atoms with Crippen LogP contribution in [0.4, 0.5) is 0 Å². The zero-order chi connectivity index (χ0) is 15.4. The summed E-state index contributed by atoms with van der Waals surface area (Å²) in [4.78, 5) is 15.8. The van der Waals surface area contributed by atoms with Gasteiger partial charge in [-0.3, -0.25) is 9.48 Å². The van der Waals surface area contributed by atoms with Crippen LogP contribution in [-0.4, -0.2) is 31.8 Å². The SMILES string of the molecule is Cc1ccc2c(cnn2CCC(=O)NCCn2ccnc2)c1. The molecule has 0 unspecified atom stereocenters. The first kappa shape index (κ1) is 14.3. The molecule has 0 aliphatic rings. The van der Waals surface area contributed by atoms with Crippen LogP contribution in [0.15, 0.2) is 43.1 Å². The molecule has 114 valence electrons. The number of carbonyl (C=O) groups excluding carboxylic acids is 1. The number of nitrogens with zero attached hydrogens (tertiary/aromatic N) is 4. The molecule has 0 saturated heterocycles. The van der Waals surface area contributed by atoms with Crippen molar-refractivity contribution < 1.29 is 4.79 Å². The second kappa shape index (κ2) is 6.43. The lowest BCUT2D eigenvalue weighted by Crippen LogP contribution is -2.27. The Bertz CT molecular complexity index is 760. The number of amides is 1. The molecule has 1 amide bonds. The van der Waals surface area contributed by atoms with Crippen molar-refractivity contribution in [2.75, 3.05) is 6.54 Å². The van der Waals surface area contributed by atoms with Gasteiger partial charge in [0.05, 0.1) is 24.6 Å². The lowest BCUT2D eigenvalue weighted by atomic mass is 10.2. The van der Waals surface area contributed by atoms with E-state index in [1.807, 2.05) is 21.6 Å². The fourth-order valence-electron chi connectivity index (χ4n) is 2.42. The van der Waals surface area contributed by atoms with Gasteiger partial charge >= 0.3 is 0 Å². The van der Waals surface area contributed by atoms with Crippen LogP contribution in [0.1, 0.15) is 12.0 Å². The van der Waals surface area contributed by atoms with E-state index in [0.29, 0.717) is 19.5 Å². The van der Waals surface area contributed by atoms with Crippen LogP contribution >= 0.6 is 0 Å². The van der Waals surface area contributed by atoms with Gasteiger partial charge in [-0.1, -0.05) is 11.6 Å². The summed E-state index contributed by atoms with van der Waals surface area (Å²) in [5, 5.41) is 8.38. The minimum absolute atomic E-state index is 0.0378. The molecule has 2 aromatic heterocycles. The molecule has 1 aromatic carbocycles. The number of fused-ring (bicyclic) bond motifs is 1. The van der Waals surface area contributed by atoms with Gasteiger partial charge < -0.3 is 9.88 Å². The third-order valence-corrected chi connectivity index (χ3v) is 3.60. The largest absolute Gasteiger partial charge is 0.354 e. The van der Waals surface area contributed by atoms with Gasteiger partial charge in [-0.05, 0) is 19.1 Å². The number of benzene rings is 1. The van der Waals surface area contributed by atoms with Gasteiger partial charge in [0.15, 0.2) is 0 Å². The Morgan fingerprint density at radius 2 is 2.23 bits per heavy atom. The van der Waals surface area contributed by atoms with Crippen molar-refractivity contribution in [2.24, 2.45) is 0 Å². The molecule has 3 aromatic rings. The molecule has 1 N–H and O–H groups in total. The molecule has 0 radical (unpaired) electrons. The molecule has 0 atom stereocenters. The molecular weight excluding hydrogens is 278 g/mol. The Hall–Kier alpha value is -2.63. The Labute approximate surface area is 128 Å². The number of nitrogens with one attached hydrogen (secondary N) is 1. The smallest absolute Gasteiger partial charge is 0.221 e. The van der Waals surface area contributed by atoms with Crippen LogP contribution in [0, 0.1) is 6.92 Å². The molecule has 0 aliphatic heterocycles. The lowest BCUT2D eigenvalue weighted by molar-refractivity contribution is -0.121. The first-order chi connectivity index (χ1) is 10.7. The maximum atomic E-state index is 11.9. The molecule has 0 fully saturated rings. The third-order valence-electron chi connectivity index (χ3n) is 3.60. The topological polar surface area (TPSA) is 64.7 Å². The monoisotopic (exact) mass is 297 g/mol. The summed E-state index contributed by atoms with van der Waals surface area (Å²) >= 11 is 0. The van der Waals surface area contributed by atoms with E-state index in [1.165, 1.54) is 5.56 Å². The van der Waals surface area contributed by atoms with Crippen molar-refractivity contribution in [3.8, 4) is 0 Å². The number of hydrogen-bond donors (Lipinski definition) is 1.